The van der Waals surface area contributed by atoms with Gasteiger partial charge in [0.1, 0.15) is 0 Å². The van der Waals surface area contributed by atoms with E-state index in [0.717, 1.165) is 23.8 Å². The number of aromatic nitrogens is 3. The van der Waals surface area contributed by atoms with E-state index in [9.17, 15) is 18.0 Å². The summed E-state index contributed by atoms with van der Waals surface area (Å²) >= 11 is 0. The van der Waals surface area contributed by atoms with Crippen LogP contribution >= 0.6 is 0 Å². The molecule has 0 saturated heterocycles. The maximum Gasteiger partial charge on any atom is 0.451 e. The van der Waals surface area contributed by atoms with Crippen molar-refractivity contribution in [1.82, 2.24) is 19.7 Å². The van der Waals surface area contributed by atoms with E-state index in [-0.39, 0.29) is 30.7 Å². The van der Waals surface area contributed by atoms with Gasteiger partial charge in [-0.1, -0.05) is 12.2 Å². The van der Waals surface area contributed by atoms with Gasteiger partial charge in [-0.2, -0.15) is 13.2 Å². The van der Waals surface area contributed by atoms with Gasteiger partial charge < -0.3 is 9.47 Å². The van der Waals surface area contributed by atoms with Crippen molar-refractivity contribution < 1.29 is 18.0 Å². The predicted molar refractivity (Wildman–Crippen MR) is 76.3 cm³/mol. The summed E-state index contributed by atoms with van der Waals surface area (Å²) in [5, 5.41) is 6.94. The third-order valence-electron chi connectivity index (χ3n) is 4.55. The number of halogens is 3. The highest BCUT2D eigenvalue weighted by Gasteiger charge is 2.41. The van der Waals surface area contributed by atoms with Crippen LogP contribution in [0.25, 0.3) is 0 Å². The molecule has 8 heteroatoms. The van der Waals surface area contributed by atoms with Gasteiger partial charge in [-0.05, 0) is 32.1 Å². The Morgan fingerprint density at radius 3 is 2.78 bits per heavy atom. The standard InChI is InChI=1S/C15H19F3N4O/c1-10-13-19-20-14(15(16,17)18)22(13)8-7-21(10)12(23)9-11-5-3-2-4-6-11/h3,5,10-11H,2,4,6-9H2,1H3. The molecule has 2 unspecified atom stereocenters. The van der Waals surface area contributed by atoms with Gasteiger partial charge in [0.25, 0.3) is 0 Å². The number of alkyl halides is 3. The van der Waals surface area contributed by atoms with Crippen LogP contribution in [0, 0.1) is 5.92 Å². The fourth-order valence-corrected chi connectivity index (χ4v) is 3.33. The van der Waals surface area contributed by atoms with Crippen LogP contribution in [0.4, 0.5) is 13.2 Å². The topological polar surface area (TPSA) is 51.0 Å². The average molecular weight is 328 g/mol. The van der Waals surface area contributed by atoms with Gasteiger partial charge in [-0.3, -0.25) is 4.79 Å². The van der Waals surface area contributed by atoms with Gasteiger partial charge in [0, 0.05) is 19.5 Å². The van der Waals surface area contributed by atoms with E-state index in [1.807, 2.05) is 0 Å². The summed E-state index contributed by atoms with van der Waals surface area (Å²) in [4.78, 5) is 14.1. The zero-order valence-electron chi connectivity index (χ0n) is 12.9. The number of fused-ring (bicyclic) bond motifs is 1. The maximum absolute atomic E-state index is 12.9. The molecule has 23 heavy (non-hydrogen) atoms. The zero-order chi connectivity index (χ0) is 16.6. The molecule has 2 atom stereocenters. The van der Waals surface area contributed by atoms with Crippen LogP contribution in [0.3, 0.4) is 0 Å². The quantitative estimate of drug-likeness (QED) is 0.784. The van der Waals surface area contributed by atoms with Crippen LogP contribution in [-0.4, -0.2) is 32.1 Å². The second-order valence-corrected chi connectivity index (χ2v) is 6.12. The summed E-state index contributed by atoms with van der Waals surface area (Å²) in [6, 6.07) is -0.493. The molecule has 2 aliphatic rings. The highest BCUT2D eigenvalue weighted by atomic mass is 19.4. The molecule has 0 bridgehead atoms. The lowest BCUT2D eigenvalue weighted by Crippen LogP contribution is -2.42. The van der Waals surface area contributed by atoms with Crippen molar-refractivity contribution in [1.29, 1.82) is 0 Å². The van der Waals surface area contributed by atoms with E-state index in [0.29, 0.717) is 6.42 Å². The summed E-state index contributed by atoms with van der Waals surface area (Å²) in [6.45, 7) is 2.03. The first-order valence-corrected chi connectivity index (χ1v) is 7.84. The summed E-state index contributed by atoms with van der Waals surface area (Å²) in [6.07, 6.45) is 3.15. The molecular weight excluding hydrogens is 309 g/mol. The molecule has 0 fully saturated rings. The van der Waals surface area contributed by atoms with Crippen molar-refractivity contribution in [3.05, 3.63) is 23.8 Å². The minimum atomic E-state index is -4.52. The van der Waals surface area contributed by atoms with Gasteiger partial charge in [0.2, 0.25) is 11.7 Å². The Hall–Kier alpha value is -1.86. The fourth-order valence-electron chi connectivity index (χ4n) is 3.33. The smallest absolute Gasteiger partial charge is 0.331 e. The molecule has 0 saturated carbocycles. The van der Waals surface area contributed by atoms with E-state index in [1.54, 1.807) is 11.8 Å². The van der Waals surface area contributed by atoms with Crippen molar-refractivity contribution in [3.8, 4) is 0 Å². The molecule has 1 aromatic heterocycles. The second-order valence-electron chi connectivity index (χ2n) is 6.12. The molecule has 5 nitrogen and oxygen atoms in total. The van der Waals surface area contributed by atoms with Crippen molar-refractivity contribution in [3.63, 3.8) is 0 Å². The number of hydrogen-bond acceptors (Lipinski definition) is 3. The molecule has 3 rings (SSSR count). The Balaban J connectivity index is 1.74. The molecule has 0 aromatic carbocycles. The Kier molecular flexibility index (Phi) is 4.16. The first kappa shape index (κ1) is 16.0. The van der Waals surface area contributed by atoms with Gasteiger partial charge in [-0.25, -0.2) is 0 Å². The first-order valence-electron chi connectivity index (χ1n) is 7.84. The molecule has 0 radical (unpaired) electrons. The minimum absolute atomic E-state index is 0.0307. The Morgan fingerprint density at radius 1 is 1.35 bits per heavy atom. The third-order valence-corrected chi connectivity index (χ3v) is 4.55. The van der Waals surface area contributed by atoms with Crippen LogP contribution in [0.2, 0.25) is 0 Å². The number of amides is 1. The molecule has 0 N–H and O–H groups in total. The van der Waals surface area contributed by atoms with Crippen molar-refractivity contribution in [2.45, 2.75) is 51.4 Å². The molecule has 1 aliphatic carbocycles. The summed E-state index contributed by atoms with van der Waals surface area (Å²) in [7, 11) is 0. The van der Waals surface area contributed by atoms with E-state index >= 15 is 0 Å². The Bertz CT molecular complexity index is 623. The van der Waals surface area contributed by atoms with Crippen molar-refractivity contribution in [2.75, 3.05) is 6.54 Å². The van der Waals surface area contributed by atoms with E-state index < -0.39 is 18.0 Å². The van der Waals surface area contributed by atoms with Crippen molar-refractivity contribution in [2.24, 2.45) is 5.92 Å². The lowest BCUT2D eigenvalue weighted by Gasteiger charge is -2.34. The van der Waals surface area contributed by atoms with Crippen LogP contribution in [0.15, 0.2) is 12.2 Å². The summed E-state index contributed by atoms with van der Waals surface area (Å²) in [5.41, 5.74) is 0. The highest BCUT2D eigenvalue weighted by Crippen LogP contribution is 2.33. The molecular formula is C15H19F3N4O. The second kappa shape index (κ2) is 5.98. The third kappa shape index (κ3) is 3.11. The minimum Gasteiger partial charge on any atom is -0.331 e. The van der Waals surface area contributed by atoms with Crippen LogP contribution < -0.4 is 0 Å². The van der Waals surface area contributed by atoms with Gasteiger partial charge in [-0.15, -0.1) is 10.2 Å². The number of allylic oxidation sites excluding steroid dienone is 2. The number of carbonyl (C=O) groups excluding carboxylic acids is 1. The molecule has 0 spiro atoms. The lowest BCUT2D eigenvalue weighted by molar-refractivity contribution is -0.148. The largest absolute Gasteiger partial charge is 0.451 e. The van der Waals surface area contributed by atoms with E-state index in [1.165, 1.54) is 0 Å². The molecule has 1 aromatic rings. The van der Waals surface area contributed by atoms with Gasteiger partial charge in [0.15, 0.2) is 5.82 Å². The van der Waals surface area contributed by atoms with Gasteiger partial charge >= 0.3 is 6.18 Å². The summed E-state index contributed by atoms with van der Waals surface area (Å²) in [5.74, 6) is -0.580. The molecule has 1 aliphatic heterocycles. The molecule has 1 amide bonds. The predicted octanol–water partition coefficient (Wildman–Crippen LogP) is 2.95. The normalized spacial score (nSPS) is 24.6. The SMILES string of the molecule is CC1c2nnc(C(F)(F)F)n2CCN1C(=O)CC1C=CCCC1. The fraction of sp³-hybridized carbons (Fsp3) is 0.667. The number of carbonyl (C=O) groups is 1. The van der Waals surface area contributed by atoms with Crippen LogP contribution in [0.5, 0.6) is 0 Å². The van der Waals surface area contributed by atoms with E-state index in [2.05, 4.69) is 22.3 Å². The molecule has 126 valence electrons. The van der Waals surface area contributed by atoms with E-state index in [4.69, 9.17) is 0 Å². The Labute approximate surface area is 132 Å². The zero-order valence-corrected chi connectivity index (χ0v) is 12.9. The summed E-state index contributed by atoms with van der Waals surface area (Å²) < 4.78 is 39.7. The van der Waals surface area contributed by atoms with Crippen molar-refractivity contribution >= 4 is 5.91 Å². The lowest BCUT2D eigenvalue weighted by atomic mass is 9.92. The first-order chi connectivity index (χ1) is 10.9. The number of nitrogens with zero attached hydrogens (tertiary/aromatic N) is 4. The number of hydrogen-bond donors (Lipinski definition) is 0. The van der Waals surface area contributed by atoms with Crippen LogP contribution in [0.1, 0.15) is 50.3 Å². The van der Waals surface area contributed by atoms with Gasteiger partial charge in [0.05, 0.1) is 6.04 Å². The monoisotopic (exact) mass is 328 g/mol. The van der Waals surface area contributed by atoms with Crippen LogP contribution in [-0.2, 0) is 17.5 Å². The molecule has 2 heterocycles. The average Bonchev–Trinajstić information content (AvgIpc) is 2.93. The number of rotatable bonds is 2. The Morgan fingerprint density at radius 2 is 2.13 bits per heavy atom. The maximum atomic E-state index is 12.9. The highest BCUT2D eigenvalue weighted by molar-refractivity contribution is 5.77.